The number of nitrogens with zero attached hydrogens (tertiary/aromatic N) is 2. The van der Waals surface area contributed by atoms with Crippen molar-refractivity contribution in [3.05, 3.63) is 65.2 Å². The summed E-state index contributed by atoms with van der Waals surface area (Å²) in [5.41, 5.74) is 1.49. The molecule has 28 heavy (non-hydrogen) atoms. The fourth-order valence-electron chi connectivity index (χ4n) is 3.74. The summed E-state index contributed by atoms with van der Waals surface area (Å²) < 4.78 is 5.40. The summed E-state index contributed by atoms with van der Waals surface area (Å²) in [6, 6.07) is 17.4. The molecule has 2 fully saturated rings. The Bertz CT molecular complexity index is 859. The maximum atomic E-state index is 12.6. The molecule has 2 aromatic rings. The molecule has 1 saturated carbocycles. The number of anilines is 1. The second kappa shape index (κ2) is 7.84. The number of carbonyl (C=O) groups excluding carboxylic acids is 2. The van der Waals surface area contributed by atoms with Crippen molar-refractivity contribution < 1.29 is 14.3 Å². The maximum Gasteiger partial charge on any atom is 0.317 e. The van der Waals surface area contributed by atoms with Crippen LogP contribution in [-0.4, -0.2) is 49.6 Å². The quantitative estimate of drug-likeness (QED) is 0.725. The molecule has 1 saturated heterocycles. The van der Waals surface area contributed by atoms with Crippen molar-refractivity contribution in [1.82, 2.24) is 4.90 Å². The second-order valence-corrected chi connectivity index (χ2v) is 7.81. The molecular formula is C22H23ClN2O3. The second-order valence-electron chi connectivity index (χ2n) is 7.37. The van der Waals surface area contributed by atoms with Gasteiger partial charge in [0.1, 0.15) is 0 Å². The van der Waals surface area contributed by atoms with Gasteiger partial charge in [0, 0.05) is 36.9 Å². The van der Waals surface area contributed by atoms with Crippen molar-refractivity contribution in [2.24, 2.45) is 0 Å². The van der Waals surface area contributed by atoms with Gasteiger partial charge in [-0.2, -0.15) is 0 Å². The Hall–Kier alpha value is -2.53. The van der Waals surface area contributed by atoms with E-state index in [0.717, 1.165) is 37.2 Å². The monoisotopic (exact) mass is 398 g/mol. The number of ether oxygens (including phenoxy) is 1. The fourth-order valence-corrected chi connectivity index (χ4v) is 3.92. The Labute approximate surface area is 169 Å². The Balaban J connectivity index is 1.28. The van der Waals surface area contributed by atoms with Gasteiger partial charge in [0.25, 0.3) is 5.91 Å². The summed E-state index contributed by atoms with van der Waals surface area (Å²) in [4.78, 5) is 29.0. The third-order valence-electron chi connectivity index (χ3n) is 5.60. The van der Waals surface area contributed by atoms with E-state index in [1.165, 1.54) is 0 Å². The van der Waals surface area contributed by atoms with Gasteiger partial charge in [-0.3, -0.25) is 9.59 Å². The summed E-state index contributed by atoms with van der Waals surface area (Å²) in [5.74, 6) is -0.424. The van der Waals surface area contributed by atoms with Crippen molar-refractivity contribution in [2.45, 2.75) is 18.3 Å². The lowest BCUT2D eigenvalue weighted by molar-refractivity contribution is -0.154. The van der Waals surface area contributed by atoms with Gasteiger partial charge >= 0.3 is 5.97 Å². The van der Waals surface area contributed by atoms with E-state index >= 15 is 0 Å². The van der Waals surface area contributed by atoms with Crippen LogP contribution in [0.15, 0.2) is 54.6 Å². The average molecular weight is 399 g/mol. The molecule has 1 amide bonds. The lowest BCUT2D eigenvalue weighted by atomic mass is 9.96. The molecule has 6 heteroatoms. The number of amides is 1. The fraction of sp³-hybridized carbons (Fsp3) is 0.364. The molecule has 4 rings (SSSR count). The number of halogens is 1. The molecule has 146 valence electrons. The summed E-state index contributed by atoms with van der Waals surface area (Å²) >= 11 is 6.06. The zero-order valence-electron chi connectivity index (χ0n) is 15.6. The first-order chi connectivity index (χ1) is 13.6. The third-order valence-corrected chi connectivity index (χ3v) is 5.83. The molecule has 1 aliphatic carbocycles. The highest BCUT2D eigenvalue weighted by atomic mass is 35.5. The van der Waals surface area contributed by atoms with Crippen LogP contribution in [0.4, 0.5) is 5.69 Å². The number of benzene rings is 2. The number of piperazine rings is 1. The van der Waals surface area contributed by atoms with E-state index in [0.29, 0.717) is 18.1 Å². The number of carbonyl (C=O) groups is 2. The van der Waals surface area contributed by atoms with Crippen LogP contribution in [0.5, 0.6) is 0 Å². The molecule has 0 atom stereocenters. The van der Waals surface area contributed by atoms with E-state index in [1.807, 2.05) is 54.6 Å². The van der Waals surface area contributed by atoms with Crippen LogP contribution >= 0.6 is 11.6 Å². The predicted molar refractivity (Wildman–Crippen MR) is 109 cm³/mol. The van der Waals surface area contributed by atoms with Crippen molar-refractivity contribution in [1.29, 1.82) is 0 Å². The molecule has 1 heterocycles. The van der Waals surface area contributed by atoms with E-state index < -0.39 is 5.41 Å². The predicted octanol–water partition coefficient (Wildman–Crippen LogP) is 3.26. The highest BCUT2D eigenvalue weighted by Crippen LogP contribution is 2.49. The minimum Gasteiger partial charge on any atom is -0.455 e. The summed E-state index contributed by atoms with van der Waals surface area (Å²) in [5, 5.41) is 0.704. The van der Waals surface area contributed by atoms with E-state index in [1.54, 1.807) is 4.90 Å². The zero-order valence-corrected chi connectivity index (χ0v) is 16.4. The molecule has 0 bridgehead atoms. The smallest absolute Gasteiger partial charge is 0.317 e. The van der Waals surface area contributed by atoms with Crippen LogP contribution < -0.4 is 4.90 Å². The molecule has 0 N–H and O–H groups in total. The highest BCUT2D eigenvalue weighted by molar-refractivity contribution is 6.30. The lowest BCUT2D eigenvalue weighted by Crippen LogP contribution is -2.50. The van der Waals surface area contributed by atoms with Crippen LogP contribution in [0, 0.1) is 0 Å². The van der Waals surface area contributed by atoms with Crippen LogP contribution in [0.1, 0.15) is 18.4 Å². The van der Waals surface area contributed by atoms with Crippen molar-refractivity contribution in [2.75, 3.05) is 37.7 Å². The largest absolute Gasteiger partial charge is 0.455 e. The molecule has 0 spiro atoms. The van der Waals surface area contributed by atoms with E-state index in [9.17, 15) is 9.59 Å². The van der Waals surface area contributed by atoms with Crippen molar-refractivity contribution >= 4 is 29.2 Å². The van der Waals surface area contributed by atoms with Crippen LogP contribution in [0.2, 0.25) is 5.02 Å². The average Bonchev–Trinajstić information content (AvgIpc) is 3.55. The first kappa shape index (κ1) is 18.8. The number of hydrogen-bond acceptors (Lipinski definition) is 4. The minimum atomic E-state index is -0.549. The van der Waals surface area contributed by atoms with Gasteiger partial charge in [0.2, 0.25) is 0 Å². The molecule has 1 aliphatic heterocycles. The van der Waals surface area contributed by atoms with Crippen molar-refractivity contribution in [3.8, 4) is 0 Å². The summed E-state index contributed by atoms with van der Waals surface area (Å²) in [7, 11) is 0. The van der Waals surface area contributed by atoms with Gasteiger partial charge in [0.15, 0.2) is 6.61 Å². The topological polar surface area (TPSA) is 49.9 Å². The van der Waals surface area contributed by atoms with Gasteiger partial charge < -0.3 is 14.5 Å². The molecule has 0 aromatic heterocycles. The number of hydrogen-bond donors (Lipinski definition) is 0. The zero-order chi connectivity index (χ0) is 19.6. The summed E-state index contributed by atoms with van der Waals surface area (Å²) in [6.07, 6.45) is 1.56. The molecule has 2 aliphatic rings. The third kappa shape index (κ3) is 3.85. The Morgan fingerprint density at radius 3 is 2.32 bits per heavy atom. The highest BCUT2D eigenvalue weighted by Gasteiger charge is 2.52. The van der Waals surface area contributed by atoms with Crippen LogP contribution in [0.25, 0.3) is 0 Å². The molecule has 0 unspecified atom stereocenters. The van der Waals surface area contributed by atoms with Gasteiger partial charge in [-0.15, -0.1) is 0 Å². The molecule has 0 radical (unpaired) electrons. The van der Waals surface area contributed by atoms with E-state index in [2.05, 4.69) is 4.90 Å². The summed E-state index contributed by atoms with van der Waals surface area (Å²) in [6.45, 7) is 2.48. The molecular weight excluding hydrogens is 376 g/mol. The van der Waals surface area contributed by atoms with E-state index in [-0.39, 0.29) is 18.5 Å². The standard InChI is InChI=1S/C22H23ClN2O3/c23-18-7-4-8-19(15-18)24-11-13-25(14-12-24)20(26)16-28-21(27)22(9-10-22)17-5-2-1-3-6-17/h1-8,15H,9-14,16H2. The van der Waals surface area contributed by atoms with Crippen LogP contribution in [0.3, 0.4) is 0 Å². The number of rotatable bonds is 5. The van der Waals surface area contributed by atoms with Gasteiger partial charge in [-0.05, 0) is 36.6 Å². The van der Waals surface area contributed by atoms with Gasteiger partial charge in [-0.1, -0.05) is 48.0 Å². The van der Waals surface area contributed by atoms with Crippen molar-refractivity contribution in [3.63, 3.8) is 0 Å². The van der Waals surface area contributed by atoms with Crippen LogP contribution in [-0.2, 0) is 19.7 Å². The molecule has 2 aromatic carbocycles. The first-order valence-electron chi connectivity index (χ1n) is 9.59. The Morgan fingerprint density at radius 1 is 0.964 bits per heavy atom. The SMILES string of the molecule is O=C(COC(=O)C1(c2ccccc2)CC1)N1CCN(c2cccc(Cl)c2)CC1. The lowest BCUT2D eigenvalue weighted by Gasteiger charge is -2.36. The Kier molecular flexibility index (Phi) is 5.27. The minimum absolute atomic E-state index is 0.136. The number of esters is 1. The first-order valence-corrected chi connectivity index (χ1v) is 9.97. The normalized spacial score (nSPS) is 17.9. The molecule has 5 nitrogen and oxygen atoms in total. The van der Waals surface area contributed by atoms with E-state index in [4.69, 9.17) is 16.3 Å². The van der Waals surface area contributed by atoms with Gasteiger partial charge in [0.05, 0.1) is 5.41 Å². The Morgan fingerprint density at radius 2 is 1.68 bits per heavy atom. The maximum absolute atomic E-state index is 12.6. The van der Waals surface area contributed by atoms with Gasteiger partial charge in [-0.25, -0.2) is 0 Å².